The molecule has 4 rings (SSSR count). The lowest BCUT2D eigenvalue weighted by atomic mass is 9.75. The molecule has 4 heteroatoms. The summed E-state index contributed by atoms with van der Waals surface area (Å²) < 4.78 is 11.0. The van der Waals surface area contributed by atoms with Gasteiger partial charge in [0, 0.05) is 49.4 Å². The number of fused-ring (bicyclic) bond motifs is 2. The van der Waals surface area contributed by atoms with Crippen molar-refractivity contribution in [3.63, 3.8) is 0 Å². The van der Waals surface area contributed by atoms with Crippen molar-refractivity contribution in [1.29, 1.82) is 0 Å². The van der Waals surface area contributed by atoms with Crippen molar-refractivity contribution < 1.29 is 9.47 Å². The molecule has 4 aliphatic rings. The standard InChI is InChI=1S/C17H26N2O2/c1-3-16(18-5-9-20-10-6-18)15-2-4-17(14(1)13-15)19-7-11-21-12-8-19/h3-4,14-15H,1-2,5-13H2. The number of hydrogen-bond acceptors (Lipinski definition) is 4. The third-order valence-electron chi connectivity index (χ3n) is 5.38. The van der Waals surface area contributed by atoms with E-state index in [1.54, 1.807) is 11.4 Å². The van der Waals surface area contributed by atoms with E-state index < -0.39 is 0 Å². The van der Waals surface area contributed by atoms with E-state index in [4.69, 9.17) is 9.47 Å². The molecular formula is C17H26N2O2. The van der Waals surface area contributed by atoms with E-state index in [-0.39, 0.29) is 0 Å². The van der Waals surface area contributed by atoms with Crippen LogP contribution in [0.3, 0.4) is 0 Å². The van der Waals surface area contributed by atoms with Gasteiger partial charge in [0.2, 0.25) is 0 Å². The lowest BCUT2D eigenvalue weighted by molar-refractivity contribution is 0.0387. The zero-order chi connectivity index (χ0) is 14.1. The number of nitrogens with zero attached hydrogens (tertiary/aromatic N) is 2. The van der Waals surface area contributed by atoms with E-state index in [1.807, 2.05) is 0 Å². The summed E-state index contributed by atoms with van der Waals surface area (Å²) in [6.45, 7) is 7.87. The second-order valence-electron chi connectivity index (χ2n) is 6.56. The van der Waals surface area contributed by atoms with Gasteiger partial charge in [0.25, 0.3) is 0 Å². The van der Waals surface area contributed by atoms with E-state index in [9.17, 15) is 0 Å². The summed E-state index contributed by atoms with van der Waals surface area (Å²) in [4.78, 5) is 5.13. The molecule has 2 heterocycles. The fourth-order valence-electron chi connectivity index (χ4n) is 4.30. The van der Waals surface area contributed by atoms with Gasteiger partial charge in [0.15, 0.2) is 0 Å². The van der Waals surface area contributed by atoms with Crippen LogP contribution in [0, 0.1) is 11.8 Å². The zero-order valence-electron chi connectivity index (χ0n) is 12.8. The maximum atomic E-state index is 5.49. The molecule has 0 aromatic carbocycles. The highest BCUT2D eigenvalue weighted by molar-refractivity contribution is 5.23. The Hall–Kier alpha value is -1.00. The van der Waals surface area contributed by atoms with Gasteiger partial charge in [0.05, 0.1) is 26.4 Å². The van der Waals surface area contributed by atoms with Gasteiger partial charge in [-0.25, -0.2) is 0 Å². The van der Waals surface area contributed by atoms with E-state index in [1.165, 1.54) is 19.3 Å². The predicted octanol–water partition coefficient (Wildman–Crippen LogP) is 1.85. The van der Waals surface area contributed by atoms with Crippen molar-refractivity contribution in [1.82, 2.24) is 9.80 Å². The quantitative estimate of drug-likeness (QED) is 0.775. The first-order valence-electron chi connectivity index (χ1n) is 8.47. The highest BCUT2D eigenvalue weighted by Gasteiger charge is 2.34. The Kier molecular flexibility index (Phi) is 3.91. The minimum Gasteiger partial charge on any atom is -0.378 e. The number of rotatable bonds is 2. The first-order valence-corrected chi connectivity index (χ1v) is 8.47. The van der Waals surface area contributed by atoms with Crippen molar-refractivity contribution >= 4 is 0 Å². The Morgan fingerprint density at radius 1 is 0.714 bits per heavy atom. The summed E-state index contributed by atoms with van der Waals surface area (Å²) >= 11 is 0. The molecule has 2 unspecified atom stereocenters. The first kappa shape index (κ1) is 13.6. The van der Waals surface area contributed by atoms with Crippen LogP contribution in [0.25, 0.3) is 0 Å². The molecule has 0 N–H and O–H groups in total. The highest BCUT2D eigenvalue weighted by Crippen LogP contribution is 2.42. The van der Waals surface area contributed by atoms with Gasteiger partial charge in [-0.15, -0.1) is 0 Å². The van der Waals surface area contributed by atoms with Gasteiger partial charge < -0.3 is 19.3 Å². The maximum absolute atomic E-state index is 5.49. The summed E-state index contributed by atoms with van der Waals surface area (Å²) in [5.74, 6) is 1.48. The van der Waals surface area contributed by atoms with Crippen LogP contribution in [0.2, 0.25) is 0 Å². The van der Waals surface area contributed by atoms with Crippen LogP contribution < -0.4 is 0 Å². The molecule has 0 radical (unpaired) electrons. The SMILES string of the molecule is C1=C(N2CCOCC2)C2CC=C(N3CCOCC3)C(C1)C2. The van der Waals surface area contributed by atoms with Crippen molar-refractivity contribution in [2.24, 2.45) is 11.8 Å². The van der Waals surface area contributed by atoms with Crippen molar-refractivity contribution in [3.05, 3.63) is 23.5 Å². The van der Waals surface area contributed by atoms with Crippen LogP contribution in [-0.2, 0) is 9.47 Å². The first-order chi connectivity index (χ1) is 10.4. The molecule has 0 aromatic heterocycles. The summed E-state index contributed by atoms with van der Waals surface area (Å²) in [7, 11) is 0. The molecule has 0 amide bonds. The lowest BCUT2D eigenvalue weighted by Crippen LogP contribution is -2.43. The predicted molar refractivity (Wildman–Crippen MR) is 81.8 cm³/mol. The van der Waals surface area contributed by atoms with Gasteiger partial charge in [0.1, 0.15) is 0 Å². The van der Waals surface area contributed by atoms with Crippen LogP contribution in [-0.4, -0.2) is 62.4 Å². The summed E-state index contributed by atoms with van der Waals surface area (Å²) in [6.07, 6.45) is 8.82. The third-order valence-corrected chi connectivity index (χ3v) is 5.38. The van der Waals surface area contributed by atoms with Gasteiger partial charge in [-0.1, -0.05) is 12.2 Å². The van der Waals surface area contributed by atoms with E-state index in [2.05, 4.69) is 22.0 Å². The smallest absolute Gasteiger partial charge is 0.0642 e. The lowest BCUT2D eigenvalue weighted by Gasteiger charge is -2.44. The molecule has 0 saturated carbocycles. The Balaban J connectivity index is 1.45. The molecule has 2 bridgehead atoms. The fourth-order valence-corrected chi connectivity index (χ4v) is 4.30. The fraction of sp³-hybridized carbons (Fsp3) is 0.765. The summed E-state index contributed by atoms with van der Waals surface area (Å²) in [5, 5.41) is 0. The minimum atomic E-state index is 0.742. The van der Waals surface area contributed by atoms with Gasteiger partial charge in [-0.2, -0.15) is 0 Å². The van der Waals surface area contributed by atoms with Gasteiger partial charge in [-0.3, -0.25) is 0 Å². The number of morpholine rings is 2. The van der Waals surface area contributed by atoms with Crippen LogP contribution >= 0.6 is 0 Å². The molecule has 4 nitrogen and oxygen atoms in total. The van der Waals surface area contributed by atoms with Crippen LogP contribution in [0.1, 0.15) is 19.3 Å². The van der Waals surface area contributed by atoms with E-state index in [0.717, 1.165) is 64.4 Å². The van der Waals surface area contributed by atoms with Gasteiger partial charge in [-0.05, 0) is 19.3 Å². The molecule has 2 aliphatic heterocycles. The Labute approximate surface area is 127 Å². The Morgan fingerprint density at radius 2 is 1.14 bits per heavy atom. The largest absolute Gasteiger partial charge is 0.378 e. The second-order valence-corrected chi connectivity index (χ2v) is 6.56. The maximum Gasteiger partial charge on any atom is 0.0642 e. The average molecular weight is 290 g/mol. The summed E-state index contributed by atoms with van der Waals surface area (Å²) in [6, 6.07) is 0. The van der Waals surface area contributed by atoms with Crippen LogP contribution in [0.4, 0.5) is 0 Å². The van der Waals surface area contributed by atoms with Crippen molar-refractivity contribution in [2.75, 3.05) is 52.6 Å². The topological polar surface area (TPSA) is 24.9 Å². The number of ether oxygens (including phenoxy) is 2. The van der Waals surface area contributed by atoms with Crippen molar-refractivity contribution in [2.45, 2.75) is 19.3 Å². The summed E-state index contributed by atoms with van der Waals surface area (Å²) in [5.41, 5.74) is 3.21. The van der Waals surface area contributed by atoms with Crippen LogP contribution in [0.5, 0.6) is 0 Å². The monoisotopic (exact) mass is 290 g/mol. The highest BCUT2D eigenvalue weighted by atomic mass is 16.5. The second kappa shape index (κ2) is 6.01. The third kappa shape index (κ3) is 2.71. The normalized spacial score (nSPS) is 33.5. The Morgan fingerprint density at radius 3 is 1.57 bits per heavy atom. The molecule has 2 aliphatic carbocycles. The molecule has 0 aromatic rings. The van der Waals surface area contributed by atoms with Gasteiger partial charge >= 0.3 is 0 Å². The average Bonchev–Trinajstić information content (AvgIpc) is 2.57. The Bertz CT molecular complexity index is 394. The number of hydrogen-bond donors (Lipinski definition) is 0. The zero-order valence-corrected chi connectivity index (χ0v) is 12.8. The minimum absolute atomic E-state index is 0.742. The molecule has 116 valence electrons. The molecule has 2 fully saturated rings. The molecular weight excluding hydrogens is 264 g/mol. The molecule has 2 atom stereocenters. The molecule has 0 spiro atoms. The van der Waals surface area contributed by atoms with E-state index >= 15 is 0 Å². The van der Waals surface area contributed by atoms with Crippen LogP contribution in [0.15, 0.2) is 23.5 Å². The van der Waals surface area contributed by atoms with E-state index in [0.29, 0.717) is 0 Å². The number of allylic oxidation sites excluding steroid dienone is 4. The molecule has 2 saturated heterocycles. The molecule has 21 heavy (non-hydrogen) atoms. The van der Waals surface area contributed by atoms with Crippen molar-refractivity contribution in [3.8, 4) is 0 Å².